The first-order valence-electron chi connectivity index (χ1n) is 6.13. The number of halogens is 1. The number of rotatable bonds is 7. The summed E-state index contributed by atoms with van der Waals surface area (Å²) in [5.41, 5.74) is 0. The number of hydrogen-bond acceptors (Lipinski definition) is 3. The van der Waals surface area contributed by atoms with Crippen molar-refractivity contribution in [2.45, 2.75) is 25.7 Å². The number of ether oxygens (including phenoxy) is 1. The van der Waals surface area contributed by atoms with Crippen molar-refractivity contribution in [3.8, 4) is 0 Å². The number of hydrogen-bond donors (Lipinski definition) is 0. The van der Waals surface area contributed by atoms with Crippen LogP contribution < -0.4 is 0 Å². The van der Waals surface area contributed by atoms with Crippen LogP contribution in [0.4, 0.5) is 0 Å². The Balaban J connectivity index is 2.46. The summed E-state index contributed by atoms with van der Waals surface area (Å²) < 4.78 is 30.6. The van der Waals surface area contributed by atoms with Crippen molar-refractivity contribution in [3.63, 3.8) is 0 Å². The van der Waals surface area contributed by atoms with E-state index in [1.54, 1.807) is 11.4 Å². The molecule has 1 rings (SSSR count). The molecule has 0 amide bonds. The van der Waals surface area contributed by atoms with Gasteiger partial charge in [-0.2, -0.15) is 0 Å². The molecule has 1 saturated heterocycles. The predicted molar refractivity (Wildman–Crippen MR) is 69.9 cm³/mol. The molecule has 0 N–H and O–H groups in total. The molecule has 0 bridgehead atoms. The second-order valence-corrected chi connectivity index (χ2v) is 6.97. The van der Waals surface area contributed by atoms with Crippen LogP contribution in [-0.2, 0) is 14.8 Å². The van der Waals surface area contributed by atoms with Gasteiger partial charge in [0.15, 0.2) is 0 Å². The van der Waals surface area contributed by atoms with Gasteiger partial charge in [0.05, 0.1) is 5.75 Å². The summed E-state index contributed by atoms with van der Waals surface area (Å²) in [5, 5.41) is 0. The summed E-state index contributed by atoms with van der Waals surface area (Å²) >= 11 is 5.71. The van der Waals surface area contributed by atoms with Gasteiger partial charge < -0.3 is 4.74 Å². The smallest absolute Gasteiger partial charge is 0.214 e. The third-order valence-corrected chi connectivity index (χ3v) is 5.28. The van der Waals surface area contributed by atoms with Crippen LogP contribution in [0.3, 0.4) is 0 Å². The first-order valence-corrected chi connectivity index (χ1v) is 8.27. The van der Waals surface area contributed by atoms with Gasteiger partial charge in [-0.25, -0.2) is 12.7 Å². The van der Waals surface area contributed by atoms with Crippen molar-refractivity contribution >= 4 is 21.6 Å². The molecule has 4 nitrogen and oxygen atoms in total. The van der Waals surface area contributed by atoms with E-state index in [1.807, 2.05) is 0 Å². The zero-order chi connectivity index (χ0) is 12.7. The Morgan fingerprint density at radius 1 is 1.47 bits per heavy atom. The molecular formula is C11H22ClNO3S. The van der Waals surface area contributed by atoms with Crippen molar-refractivity contribution in [3.05, 3.63) is 0 Å². The van der Waals surface area contributed by atoms with Gasteiger partial charge in [-0.15, -0.1) is 11.6 Å². The maximum Gasteiger partial charge on any atom is 0.214 e. The summed E-state index contributed by atoms with van der Waals surface area (Å²) in [6.45, 7) is 1.80. The average molecular weight is 284 g/mol. The molecule has 1 aliphatic rings. The molecule has 6 heteroatoms. The Bertz CT molecular complexity index is 306. The summed E-state index contributed by atoms with van der Waals surface area (Å²) in [6.07, 6.45) is 3.52. The molecule has 0 aromatic rings. The highest BCUT2D eigenvalue weighted by molar-refractivity contribution is 7.89. The Morgan fingerprint density at radius 3 is 2.88 bits per heavy atom. The lowest BCUT2D eigenvalue weighted by Crippen LogP contribution is -2.41. The van der Waals surface area contributed by atoms with E-state index in [-0.39, 0.29) is 5.75 Å². The number of sulfonamides is 1. The summed E-state index contributed by atoms with van der Waals surface area (Å²) in [5.74, 6) is 1.23. The van der Waals surface area contributed by atoms with Crippen LogP contribution in [0.25, 0.3) is 0 Å². The topological polar surface area (TPSA) is 46.6 Å². The van der Waals surface area contributed by atoms with Gasteiger partial charge in [-0.05, 0) is 31.6 Å². The highest BCUT2D eigenvalue weighted by Crippen LogP contribution is 2.22. The maximum absolute atomic E-state index is 12.0. The fourth-order valence-electron chi connectivity index (χ4n) is 2.18. The molecule has 0 spiro atoms. The first kappa shape index (κ1) is 15.2. The summed E-state index contributed by atoms with van der Waals surface area (Å²) in [7, 11) is -1.51. The van der Waals surface area contributed by atoms with Gasteiger partial charge in [-0.1, -0.05) is 0 Å². The minimum atomic E-state index is -3.10. The largest absolute Gasteiger partial charge is 0.385 e. The lowest BCUT2D eigenvalue weighted by molar-refractivity contribution is 0.198. The SMILES string of the molecule is COCCCS(=O)(=O)N1CCCC(CCCl)C1. The average Bonchev–Trinajstić information content (AvgIpc) is 2.30. The van der Waals surface area contributed by atoms with Gasteiger partial charge in [-0.3, -0.25) is 0 Å². The minimum absolute atomic E-state index is 0.189. The first-order chi connectivity index (χ1) is 8.10. The normalized spacial score (nSPS) is 22.8. The Labute approximate surface area is 109 Å². The fourth-order valence-corrected chi connectivity index (χ4v) is 4.08. The van der Waals surface area contributed by atoms with E-state index in [0.717, 1.165) is 19.3 Å². The molecule has 1 atom stereocenters. The van der Waals surface area contributed by atoms with Gasteiger partial charge in [0, 0.05) is 32.7 Å². The predicted octanol–water partition coefficient (Wildman–Crippen LogP) is 1.69. The molecule has 1 unspecified atom stereocenters. The van der Waals surface area contributed by atoms with Crippen molar-refractivity contribution in [1.82, 2.24) is 4.31 Å². The van der Waals surface area contributed by atoms with E-state index in [2.05, 4.69) is 0 Å². The van der Waals surface area contributed by atoms with Gasteiger partial charge in [0.1, 0.15) is 0 Å². The molecular weight excluding hydrogens is 262 g/mol. The maximum atomic E-state index is 12.0. The van der Waals surface area contributed by atoms with Crippen LogP contribution in [0.2, 0.25) is 0 Å². The molecule has 0 aliphatic carbocycles. The lowest BCUT2D eigenvalue weighted by atomic mass is 9.97. The summed E-state index contributed by atoms with van der Waals surface area (Å²) in [6, 6.07) is 0. The minimum Gasteiger partial charge on any atom is -0.385 e. The Hall–Kier alpha value is 0.160. The highest BCUT2D eigenvalue weighted by Gasteiger charge is 2.27. The molecule has 1 fully saturated rings. The second kappa shape index (κ2) is 7.56. The van der Waals surface area contributed by atoms with Crippen LogP contribution >= 0.6 is 11.6 Å². The van der Waals surface area contributed by atoms with Gasteiger partial charge in [0.2, 0.25) is 10.0 Å². The van der Waals surface area contributed by atoms with Crippen LogP contribution in [0.15, 0.2) is 0 Å². The van der Waals surface area contributed by atoms with E-state index < -0.39 is 10.0 Å². The van der Waals surface area contributed by atoms with Crippen LogP contribution in [0, 0.1) is 5.92 Å². The number of nitrogens with zero attached hydrogens (tertiary/aromatic N) is 1. The lowest BCUT2D eigenvalue weighted by Gasteiger charge is -2.31. The second-order valence-electron chi connectivity index (χ2n) is 4.51. The van der Waals surface area contributed by atoms with E-state index in [4.69, 9.17) is 16.3 Å². The highest BCUT2D eigenvalue weighted by atomic mass is 35.5. The molecule has 0 aromatic carbocycles. The van der Waals surface area contributed by atoms with Crippen LogP contribution in [0.5, 0.6) is 0 Å². The molecule has 0 radical (unpaired) electrons. The Morgan fingerprint density at radius 2 is 2.24 bits per heavy atom. The van der Waals surface area contributed by atoms with Crippen LogP contribution in [0.1, 0.15) is 25.7 Å². The van der Waals surface area contributed by atoms with Crippen molar-refractivity contribution in [1.29, 1.82) is 0 Å². The van der Waals surface area contributed by atoms with Crippen molar-refractivity contribution in [2.24, 2.45) is 5.92 Å². The zero-order valence-corrected chi connectivity index (χ0v) is 12.0. The van der Waals surface area contributed by atoms with Crippen molar-refractivity contribution in [2.75, 3.05) is 38.4 Å². The van der Waals surface area contributed by atoms with Crippen LogP contribution in [-0.4, -0.2) is 51.2 Å². The monoisotopic (exact) mass is 283 g/mol. The third-order valence-electron chi connectivity index (χ3n) is 3.14. The molecule has 0 aromatic heterocycles. The number of alkyl halides is 1. The Kier molecular flexibility index (Phi) is 6.77. The van der Waals surface area contributed by atoms with E-state index in [0.29, 0.717) is 37.9 Å². The fraction of sp³-hybridized carbons (Fsp3) is 1.00. The number of piperidine rings is 1. The van der Waals surface area contributed by atoms with E-state index >= 15 is 0 Å². The molecule has 102 valence electrons. The van der Waals surface area contributed by atoms with E-state index in [9.17, 15) is 8.42 Å². The quantitative estimate of drug-likeness (QED) is 0.528. The standard InChI is InChI=1S/C11H22ClNO3S/c1-16-8-3-9-17(14,15)13-7-2-4-11(10-13)5-6-12/h11H,2-10H2,1H3. The van der Waals surface area contributed by atoms with Gasteiger partial charge in [0.25, 0.3) is 0 Å². The molecule has 1 aliphatic heterocycles. The number of methoxy groups -OCH3 is 1. The third kappa shape index (κ3) is 5.12. The van der Waals surface area contributed by atoms with Crippen molar-refractivity contribution < 1.29 is 13.2 Å². The zero-order valence-electron chi connectivity index (χ0n) is 10.4. The molecule has 1 heterocycles. The van der Waals surface area contributed by atoms with Gasteiger partial charge >= 0.3 is 0 Å². The van der Waals surface area contributed by atoms with E-state index in [1.165, 1.54) is 0 Å². The summed E-state index contributed by atoms with van der Waals surface area (Å²) in [4.78, 5) is 0. The molecule has 0 saturated carbocycles. The molecule has 17 heavy (non-hydrogen) atoms.